The molecule has 0 unspecified atom stereocenters. The van der Waals surface area contributed by atoms with Crippen LogP contribution in [0.1, 0.15) is 12.8 Å². The van der Waals surface area contributed by atoms with Crippen LogP contribution in [0.15, 0.2) is 76.0 Å². The first-order valence-corrected chi connectivity index (χ1v) is 5.96. The van der Waals surface area contributed by atoms with E-state index in [1.807, 2.05) is 24.3 Å². The highest BCUT2D eigenvalue weighted by Crippen LogP contribution is 2.07. The van der Waals surface area contributed by atoms with Crippen LogP contribution in [-0.2, 0) is 9.63 Å². The minimum absolute atomic E-state index is 0.0767. The van der Waals surface area contributed by atoms with Gasteiger partial charge in [-0.05, 0) is 29.4 Å². The van der Waals surface area contributed by atoms with Gasteiger partial charge in [-0.15, -0.1) is 5.10 Å². The summed E-state index contributed by atoms with van der Waals surface area (Å²) in [6.07, 6.45) is 17.5. The summed E-state index contributed by atoms with van der Waals surface area (Å²) in [5.74, 6) is -0.830. The van der Waals surface area contributed by atoms with Gasteiger partial charge in [0.05, 0.1) is 11.5 Å². The topological polar surface area (TPSA) is 83.6 Å². The van der Waals surface area contributed by atoms with Crippen molar-refractivity contribution in [3.05, 3.63) is 60.4 Å². The maximum atomic E-state index is 10.6. The zero-order chi connectivity index (χ0) is 14.5. The summed E-state index contributed by atoms with van der Waals surface area (Å²) in [4.78, 5) is 15.3. The van der Waals surface area contributed by atoms with Crippen molar-refractivity contribution < 1.29 is 14.7 Å². The summed E-state index contributed by atoms with van der Waals surface area (Å²) >= 11 is 0. The zero-order valence-electron chi connectivity index (χ0n) is 10.8. The Hall–Kier alpha value is -2.76. The van der Waals surface area contributed by atoms with Crippen LogP contribution in [-0.4, -0.2) is 17.3 Å². The van der Waals surface area contributed by atoms with Crippen molar-refractivity contribution in [2.24, 2.45) is 15.6 Å². The third-order valence-electron chi connectivity index (χ3n) is 2.12. The minimum Gasteiger partial charge on any atom is -0.481 e. The van der Waals surface area contributed by atoms with E-state index in [1.165, 1.54) is 12.5 Å². The summed E-state index contributed by atoms with van der Waals surface area (Å²) in [6, 6.07) is 0. The lowest BCUT2D eigenvalue weighted by molar-refractivity contribution is -0.136. The van der Waals surface area contributed by atoms with E-state index in [2.05, 4.69) is 20.4 Å². The Morgan fingerprint density at radius 1 is 1.15 bits per heavy atom. The summed E-state index contributed by atoms with van der Waals surface area (Å²) in [5.41, 5.74) is 0.877. The van der Waals surface area contributed by atoms with Gasteiger partial charge in [0.25, 0.3) is 0 Å². The quantitative estimate of drug-likeness (QED) is 0.855. The van der Waals surface area contributed by atoms with Crippen LogP contribution in [0.2, 0.25) is 0 Å². The molecule has 0 spiro atoms. The molecule has 0 bridgehead atoms. The Bertz CT molecular complexity index is 512. The summed E-state index contributed by atoms with van der Waals surface area (Å²) < 4.78 is 0. The number of allylic oxidation sites excluding steroid dienone is 9. The van der Waals surface area contributed by atoms with Crippen LogP contribution in [0.4, 0.5) is 0 Å². The van der Waals surface area contributed by atoms with Crippen LogP contribution < -0.4 is 0 Å². The molecule has 6 heteroatoms. The SMILES string of the molecule is O=C(O)CCC1=C/C=C/C=C/C=C\O/N=N\N=C\C=C\1. The molecule has 104 valence electrons. The van der Waals surface area contributed by atoms with Crippen LogP contribution in [0.3, 0.4) is 0 Å². The molecule has 1 rings (SSSR count). The maximum Gasteiger partial charge on any atom is 0.303 e. The maximum absolute atomic E-state index is 10.6. The number of carbonyl (C=O) groups is 1. The van der Waals surface area contributed by atoms with E-state index in [4.69, 9.17) is 5.11 Å². The van der Waals surface area contributed by atoms with Crippen molar-refractivity contribution in [1.82, 2.24) is 0 Å². The van der Waals surface area contributed by atoms with Gasteiger partial charge in [-0.1, -0.05) is 36.5 Å². The predicted molar refractivity (Wildman–Crippen MR) is 75.9 cm³/mol. The second kappa shape index (κ2) is 10.2. The highest BCUT2D eigenvalue weighted by Gasteiger charge is 1.98. The fourth-order valence-electron chi connectivity index (χ4n) is 1.23. The van der Waals surface area contributed by atoms with Crippen molar-refractivity contribution in [1.29, 1.82) is 0 Å². The van der Waals surface area contributed by atoms with Gasteiger partial charge in [0, 0.05) is 6.42 Å². The van der Waals surface area contributed by atoms with E-state index in [-0.39, 0.29) is 6.42 Å². The number of hydrogen-bond acceptors (Lipinski definition) is 5. The first kappa shape index (κ1) is 15.3. The summed E-state index contributed by atoms with van der Waals surface area (Å²) in [7, 11) is 0. The fourth-order valence-corrected chi connectivity index (χ4v) is 1.23. The smallest absolute Gasteiger partial charge is 0.303 e. The molecule has 0 aliphatic carbocycles. The van der Waals surface area contributed by atoms with Crippen molar-refractivity contribution in [2.75, 3.05) is 0 Å². The van der Waals surface area contributed by atoms with E-state index < -0.39 is 5.97 Å². The molecule has 1 heterocycles. The molecule has 0 aromatic carbocycles. The monoisotopic (exact) mass is 273 g/mol. The van der Waals surface area contributed by atoms with Crippen LogP contribution in [0, 0.1) is 0 Å². The van der Waals surface area contributed by atoms with Gasteiger partial charge in [0.1, 0.15) is 6.26 Å². The van der Waals surface area contributed by atoms with Gasteiger partial charge in [-0.25, -0.2) is 0 Å². The van der Waals surface area contributed by atoms with E-state index in [0.29, 0.717) is 6.42 Å². The minimum atomic E-state index is -0.830. The molecule has 0 amide bonds. The molecule has 20 heavy (non-hydrogen) atoms. The number of carboxylic acids is 1. The average Bonchev–Trinajstić information content (AvgIpc) is 2.44. The number of carboxylic acid groups (broad SMARTS) is 1. The number of aliphatic carboxylic acids is 1. The molecule has 0 atom stereocenters. The molecule has 1 N–H and O–H groups in total. The first-order chi connectivity index (χ1) is 9.79. The van der Waals surface area contributed by atoms with Crippen LogP contribution in [0.25, 0.3) is 0 Å². The third-order valence-corrected chi connectivity index (χ3v) is 2.12. The van der Waals surface area contributed by atoms with Gasteiger partial charge in [0.2, 0.25) is 0 Å². The number of rotatable bonds is 3. The third kappa shape index (κ3) is 8.35. The molecular weight excluding hydrogens is 258 g/mol. The van der Waals surface area contributed by atoms with E-state index in [9.17, 15) is 4.79 Å². The Morgan fingerprint density at radius 2 is 1.95 bits per heavy atom. The molecule has 6 nitrogen and oxygen atoms in total. The zero-order valence-corrected chi connectivity index (χ0v) is 10.8. The standard InChI is InChI=1S/C14H15N3O3/c18-14(19)10-9-13-7-4-2-1-3-5-12-20-17-16-15-11-6-8-13/h1-8,11-12H,9-10H2,(H,18,19)/b3-1+,4-2+,8-6+,12-5-,13-7+,15-11+,17-16-. The van der Waals surface area contributed by atoms with Crippen LogP contribution >= 0.6 is 0 Å². The Labute approximate surface area is 116 Å². The average molecular weight is 273 g/mol. The molecule has 0 aromatic heterocycles. The predicted octanol–water partition coefficient (Wildman–Crippen LogP) is 3.34. The van der Waals surface area contributed by atoms with E-state index >= 15 is 0 Å². The van der Waals surface area contributed by atoms with Crippen molar-refractivity contribution >= 4 is 12.2 Å². The Balaban J connectivity index is 2.79. The summed E-state index contributed by atoms with van der Waals surface area (Å²) in [5, 5.41) is 19.0. The largest absolute Gasteiger partial charge is 0.481 e. The lowest BCUT2D eigenvalue weighted by atomic mass is 10.1. The first-order valence-electron chi connectivity index (χ1n) is 5.96. The number of nitrogens with zero attached hydrogens (tertiary/aromatic N) is 3. The normalized spacial score (nSPS) is 27.5. The van der Waals surface area contributed by atoms with Gasteiger partial charge >= 0.3 is 5.97 Å². The molecule has 0 aromatic rings. The van der Waals surface area contributed by atoms with Gasteiger partial charge in [-0.2, -0.15) is 0 Å². The second-order valence-electron chi connectivity index (χ2n) is 3.63. The summed E-state index contributed by atoms with van der Waals surface area (Å²) in [6.45, 7) is 0. The highest BCUT2D eigenvalue weighted by atomic mass is 16.6. The molecule has 0 radical (unpaired) electrons. The van der Waals surface area contributed by atoms with Gasteiger partial charge < -0.3 is 9.94 Å². The molecule has 1 aliphatic heterocycles. The van der Waals surface area contributed by atoms with Crippen molar-refractivity contribution in [3.8, 4) is 0 Å². The molecule has 0 saturated heterocycles. The fraction of sp³-hybridized carbons (Fsp3) is 0.143. The Morgan fingerprint density at radius 3 is 2.80 bits per heavy atom. The lowest BCUT2D eigenvalue weighted by Gasteiger charge is -1.97. The highest BCUT2D eigenvalue weighted by molar-refractivity contribution is 5.72. The molecule has 0 saturated carbocycles. The van der Waals surface area contributed by atoms with Crippen LogP contribution in [0.5, 0.6) is 0 Å². The molecular formula is C14H15N3O3. The van der Waals surface area contributed by atoms with E-state index in [0.717, 1.165) is 5.57 Å². The Kier molecular flexibility index (Phi) is 7.79. The van der Waals surface area contributed by atoms with Crippen molar-refractivity contribution in [3.63, 3.8) is 0 Å². The lowest BCUT2D eigenvalue weighted by Crippen LogP contribution is -1.94. The van der Waals surface area contributed by atoms with Gasteiger partial charge in [-0.3, -0.25) is 4.79 Å². The molecule has 0 fully saturated rings. The van der Waals surface area contributed by atoms with E-state index in [1.54, 1.807) is 24.3 Å². The van der Waals surface area contributed by atoms with Gasteiger partial charge in [0.15, 0.2) is 0 Å². The number of hydrogen-bond donors (Lipinski definition) is 1. The second-order valence-corrected chi connectivity index (χ2v) is 3.63. The van der Waals surface area contributed by atoms with Crippen molar-refractivity contribution in [2.45, 2.75) is 12.8 Å². The molecule has 1 aliphatic rings.